The number of hydrogen-bond donors (Lipinski definition) is 2. The van der Waals surface area contributed by atoms with E-state index in [9.17, 15) is 48.3 Å². The molecule has 0 unspecified atom stereocenters. The summed E-state index contributed by atoms with van der Waals surface area (Å²) >= 11 is 0.655. The number of para-hydroxylation sites is 1. The average molecular weight is 1210 g/mol. The minimum Gasteiger partial charge on any atom is -0.496 e. The van der Waals surface area contributed by atoms with Crippen molar-refractivity contribution in [3.63, 3.8) is 0 Å². The molecule has 0 aliphatic carbocycles. The molecule has 83 heavy (non-hydrogen) atoms. The molecule has 28 heteroatoms. The first-order valence-electron chi connectivity index (χ1n) is 26.3. The Morgan fingerprint density at radius 3 is 1.86 bits per heavy atom. The first-order chi connectivity index (χ1) is 38.9. The van der Waals surface area contributed by atoms with Crippen LogP contribution in [0.1, 0.15) is 67.4 Å². The van der Waals surface area contributed by atoms with Gasteiger partial charge in [-0.15, -0.1) is 11.8 Å². The van der Waals surface area contributed by atoms with Crippen LogP contribution in [0.15, 0.2) is 59.5 Å². The van der Waals surface area contributed by atoms with Crippen molar-refractivity contribution in [3.05, 3.63) is 60.2 Å². The van der Waals surface area contributed by atoms with Gasteiger partial charge in [0.2, 0.25) is 17.7 Å². The van der Waals surface area contributed by atoms with Crippen LogP contribution in [0.5, 0.6) is 5.75 Å². The van der Waals surface area contributed by atoms with Crippen LogP contribution in [-0.4, -0.2) is 196 Å². The van der Waals surface area contributed by atoms with E-state index in [1.165, 1.54) is 19.2 Å². The van der Waals surface area contributed by atoms with E-state index in [1.807, 2.05) is 19.6 Å². The van der Waals surface area contributed by atoms with Crippen molar-refractivity contribution in [2.45, 2.75) is 177 Å². The Labute approximate surface area is 486 Å². The number of carbonyl (C=O) groups is 10. The molecule has 2 saturated heterocycles. The van der Waals surface area contributed by atoms with Crippen LogP contribution >= 0.6 is 11.8 Å². The molecule has 3 amide bonds. The predicted molar refractivity (Wildman–Crippen MR) is 291 cm³/mol. The largest absolute Gasteiger partial charge is 0.496 e. The Kier molecular flexibility index (Phi) is 25.6. The molecule has 2 aliphatic heterocycles. The minimum atomic E-state index is -3.27. The van der Waals surface area contributed by atoms with Gasteiger partial charge in [-0.1, -0.05) is 62.1 Å². The van der Waals surface area contributed by atoms with Crippen molar-refractivity contribution in [1.82, 2.24) is 10.2 Å². The lowest BCUT2D eigenvalue weighted by Gasteiger charge is -2.55. The summed E-state index contributed by atoms with van der Waals surface area (Å²) < 4.78 is 78.3. The third-order valence-electron chi connectivity index (χ3n) is 12.8. The van der Waals surface area contributed by atoms with Gasteiger partial charge in [0.15, 0.2) is 12.2 Å². The summed E-state index contributed by atoms with van der Waals surface area (Å²) in [5.41, 5.74) is 0.572. The number of aliphatic hydroxyl groups excluding tert-OH is 1. The van der Waals surface area contributed by atoms with Crippen molar-refractivity contribution in [1.29, 1.82) is 0 Å². The summed E-state index contributed by atoms with van der Waals surface area (Å²) in [7, 11) is 1.30. The van der Waals surface area contributed by atoms with Crippen molar-refractivity contribution in [3.8, 4) is 5.75 Å². The number of esters is 7. The number of amides is 3. The second kappa shape index (κ2) is 30.9. The number of benzene rings is 2. The number of methoxy groups -OCH3 is 3. The summed E-state index contributed by atoms with van der Waals surface area (Å²) in [4.78, 5) is 137. The Morgan fingerprint density at radius 1 is 0.723 bits per heavy atom. The Morgan fingerprint density at radius 2 is 1.33 bits per heavy atom. The molecule has 13 atom stereocenters. The van der Waals surface area contributed by atoms with Gasteiger partial charge in [0, 0.05) is 75.0 Å². The average Bonchev–Trinajstić information content (AvgIpc) is 2.10. The molecule has 26 nitrogen and oxygen atoms in total. The number of hydrogen-bond acceptors (Lipinski definition) is 25. The van der Waals surface area contributed by atoms with E-state index < -0.39 is 165 Å². The Bertz CT molecular complexity index is 2610. The van der Waals surface area contributed by atoms with Crippen molar-refractivity contribution >= 4 is 79.3 Å². The number of nitrogens with one attached hydrogen (secondary N) is 1. The molecule has 0 radical (unpaired) electrons. The molecule has 2 heterocycles. The summed E-state index contributed by atoms with van der Waals surface area (Å²) in [6.45, 7) is 12.0. The van der Waals surface area contributed by atoms with E-state index >= 15 is 4.79 Å². The van der Waals surface area contributed by atoms with Crippen molar-refractivity contribution in [2.75, 3.05) is 41.2 Å². The van der Waals surface area contributed by atoms with Crippen LogP contribution in [0.25, 0.3) is 0 Å². The standard InChI is InChI=1S/C55H76N2O24SSi/c1-30(58)56-44-40(75-34(5)62)26-54(52(67)70-10,74-24-25-83(12,13)14)80-48(44)46(66)41(28-72-27-38-20-16-15-17-21-38)79-55(53(68)71-11)51(82-43-23-19-18-22-39(43)69-9)50(78-37(8)65)45(57(31(2)59)32(3)60)49(81-55)47(77-36(7)64)42(76-35(6)63)29-73-33(4)61/h15-23,40-42,44-51,66H,24-29H2,1-14H3,(H,56,58)/t40-,41+,42+,44+,45-,46+,47+,48+,49+,50+,51-,54+,55-/m0/s1. The maximum Gasteiger partial charge on any atom is 0.368 e. The molecule has 0 aromatic heterocycles. The molecule has 0 spiro atoms. The lowest BCUT2D eigenvalue weighted by molar-refractivity contribution is -0.348. The van der Waals surface area contributed by atoms with E-state index in [1.54, 1.807) is 42.5 Å². The van der Waals surface area contributed by atoms with E-state index in [0.717, 1.165) is 69.6 Å². The highest BCUT2D eigenvalue weighted by Crippen LogP contribution is 2.49. The number of imide groups is 1. The van der Waals surface area contributed by atoms with E-state index in [2.05, 4.69) is 5.32 Å². The van der Waals surface area contributed by atoms with Crippen LogP contribution in [0.4, 0.5) is 0 Å². The normalized spacial score (nSPS) is 24.6. The first-order valence-corrected chi connectivity index (χ1v) is 30.9. The fourth-order valence-corrected chi connectivity index (χ4v) is 11.6. The highest BCUT2D eigenvalue weighted by atomic mass is 32.2. The van der Waals surface area contributed by atoms with Gasteiger partial charge in [0.25, 0.3) is 11.6 Å². The SMILES string of the molecule is COC(=O)[C@@]1(OCC[Si](C)(C)C)C[C@H](OC(C)=O)[C@@H](NC(C)=O)[C@H]([C@H](O)[C@@H](COCc2ccccc2)O[C@]2(C(=O)OC)O[C@@H]([C@H](OC(C)=O)[C@@H](COC(C)=O)OC(C)=O)[C@H](N(C(C)=O)C(C)=O)[C@@H](OC(C)=O)[C@@H]2Sc2ccccc2OC)O1. The smallest absolute Gasteiger partial charge is 0.368 e. The van der Waals surface area contributed by atoms with Gasteiger partial charge in [-0.05, 0) is 23.7 Å². The highest BCUT2D eigenvalue weighted by Gasteiger charge is 2.69. The molecular weight excluding hydrogens is 1130 g/mol. The van der Waals surface area contributed by atoms with E-state index in [4.69, 9.17) is 61.6 Å². The second-order valence-corrected chi connectivity index (χ2v) is 27.4. The number of thioether (sulfide) groups is 1. The fourth-order valence-electron chi connectivity index (χ4n) is 9.47. The van der Waals surface area contributed by atoms with Crippen LogP contribution < -0.4 is 10.1 Å². The van der Waals surface area contributed by atoms with Crippen molar-refractivity contribution in [2.24, 2.45) is 0 Å². The second-order valence-electron chi connectivity index (χ2n) is 20.6. The van der Waals surface area contributed by atoms with Gasteiger partial charge in [-0.3, -0.25) is 43.3 Å². The van der Waals surface area contributed by atoms with E-state index in [-0.39, 0.29) is 23.9 Å². The zero-order valence-electron chi connectivity index (χ0n) is 49.0. The molecular formula is C55H76N2O24SSi. The van der Waals surface area contributed by atoms with Gasteiger partial charge in [-0.2, -0.15) is 0 Å². The molecule has 2 aromatic carbocycles. The molecule has 0 bridgehead atoms. The Hall–Kier alpha value is -6.53. The van der Waals surface area contributed by atoms with Crippen molar-refractivity contribution < 1.29 is 115 Å². The summed E-state index contributed by atoms with van der Waals surface area (Å²) in [6.07, 6.45) is -17.1. The quantitative estimate of drug-likeness (QED) is 0.0738. The summed E-state index contributed by atoms with van der Waals surface area (Å²) in [6, 6.07) is 11.6. The van der Waals surface area contributed by atoms with Gasteiger partial charge < -0.3 is 72.0 Å². The molecule has 2 fully saturated rings. The van der Waals surface area contributed by atoms with Crippen LogP contribution in [0, 0.1) is 0 Å². The topological polar surface area (TPSA) is 326 Å². The monoisotopic (exact) mass is 1210 g/mol. The Balaban J connectivity index is 2.26. The highest BCUT2D eigenvalue weighted by molar-refractivity contribution is 8.00. The zero-order valence-corrected chi connectivity index (χ0v) is 50.8. The van der Waals surface area contributed by atoms with Crippen LogP contribution in [0.2, 0.25) is 25.7 Å². The number of rotatable bonds is 27. The van der Waals surface area contributed by atoms with Gasteiger partial charge >= 0.3 is 41.8 Å². The lowest BCUT2D eigenvalue weighted by Crippen LogP contribution is -2.76. The van der Waals surface area contributed by atoms with Gasteiger partial charge in [-0.25, -0.2) is 9.59 Å². The maximum atomic E-state index is 15.6. The van der Waals surface area contributed by atoms with Crippen LogP contribution in [0.3, 0.4) is 0 Å². The molecule has 0 saturated carbocycles. The van der Waals surface area contributed by atoms with Gasteiger partial charge in [0.05, 0.1) is 47.0 Å². The number of ether oxygens (including phenoxy) is 13. The molecule has 2 aliphatic rings. The molecule has 460 valence electrons. The lowest BCUT2D eigenvalue weighted by atomic mass is 9.85. The molecule has 4 rings (SSSR count). The summed E-state index contributed by atoms with van der Waals surface area (Å²) in [5.74, 6) is -16.3. The maximum absolute atomic E-state index is 15.6. The third kappa shape index (κ3) is 18.7. The first kappa shape index (κ1) is 69.0. The zero-order chi connectivity index (χ0) is 62.1. The number of aliphatic hydroxyl groups is 1. The summed E-state index contributed by atoms with van der Waals surface area (Å²) in [5, 5.41) is 14.0. The minimum absolute atomic E-state index is 0.126. The third-order valence-corrected chi connectivity index (χ3v) is 16.0. The number of nitrogens with zero attached hydrogens (tertiary/aromatic N) is 1. The fraction of sp³-hybridized carbons (Fsp3) is 0.600. The molecule has 2 aromatic rings. The number of carbonyl (C=O) groups excluding carboxylic acids is 10. The predicted octanol–water partition coefficient (Wildman–Crippen LogP) is 2.96. The molecule has 2 N–H and O–H groups in total. The van der Waals surface area contributed by atoms with E-state index in [0.29, 0.717) is 28.3 Å². The van der Waals surface area contributed by atoms with Gasteiger partial charge in [0.1, 0.15) is 60.3 Å². The van der Waals surface area contributed by atoms with Crippen LogP contribution in [-0.2, 0) is 111 Å².